The molecule has 21 heavy (non-hydrogen) atoms. The first kappa shape index (κ1) is 14.2. The van der Waals surface area contributed by atoms with E-state index in [1.807, 2.05) is 30.0 Å². The molecule has 0 saturated heterocycles. The van der Waals surface area contributed by atoms with Crippen molar-refractivity contribution in [2.75, 3.05) is 11.4 Å². The molecule has 0 bridgehead atoms. The van der Waals surface area contributed by atoms with Crippen molar-refractivity contribution in [1.29, 1.82) is 0 Å². The Morgan fingerprint density at radius 1 is 1.48 bits per heavy atom. The molecule has 1 aromatic carbocycles. The number of para-hydroxylation sites is 1. The summed E-state index contributed by atoms with van der Waals surface area (Å²) in [4.78, 5) is 15.4. The van der Waals surface area contributed by atoms with E-state index in [9.17, 15) is 4.79 Å². The Kier molecular flexibility index (Phi) is 3.98. The van der Waals surface area contributed by atoms with Gasteiger partial charge >= 0.3 is 0 Å². The average molecular weight is 302 g/mol. The number of hydrogen-bond donors (Lipinski definition) is 1. The molecule has 1 unspecified atom stereocenters. The second kappa shape index (κ2) is 5.91. The number of anilines is 1. The summed E-state index contributed by atoms with van der Waals surface area (Å²) in [6.45, 7) is 5.52. The molecule has 1 amide bonds. The molecule has 0 radical (unpaired) electrons. The van der Waals surface area contributed by atoms with Crippen LogP contribution in [0, 0.1) is 0 Å². The molecule has 0 saturated carbocycles. The van der Waals surface area contributed by atoms with E-state index in [1.54, 1.807) is 0 Å². The Hall–Kier alpha value is -1.79. The van der Waals surface area contributed by atoms with Gasteiger partial charge in [-0.05, 0) is 36.5 Å². The lowest BCUT2D eigenvalue weighted by Crippen LogP contribution is -2.39. The van der Waals surface area contributed by atoms with Crippen LogP contribution in [0.25, 0.3) is 0 Å². The average Bonchev–Trinajstić information content (AvgIpc) is 2.92. The minimum absolute atomic E-state index is 0.00449. The second-order valence-electron chi connectivity index (χ2n) is 5.23. The number of benzene rings is 1. The lowest BCUT2D eigenvalue weighted by Gasteiger charge is -2.24. The van der Waals surface area contributed by atoms with Gasteiger partial charge < -0.3 is 10.2 Å². The number of fused-ring (bicyclic) bond motifs is 1. The standard InChI is InChI=1S/C15H18N4OS/c1-3-12-14(21-18-17-12)15(20)19-9-10(2)16-8-11-6-4-5-7-13(11)19/h4-7,10,16H,3,8-9H2,1-2H3. The number of aromatic nitrogens is 2. The van der Waals surface area contributed by atoms with E-state index in [2.05, 4.69) is 27.9 Å². The fourth-order valence-corrected chi connectivity index (χ4v) is 3.26. The van der Waals surface area contributed by atoms with Crippen molar-refractivity contribution in [2.45, 2.75) is 32.9 Å². The Morgan fingerprint density at radius 2 is 2.29 bits per heavy atom. The van der Waals surface area contributed by atoms with Crippen LogP contribution in [0.4, 0.5) is 5.69 Å². The Labute approximate surface area is 128 Å². The molecule has 1 N–H and O–H groups in total. The molecule has 3 rings (SSSR count). The van der Waals surface area contributed by atoms with Crippen molar-refractivity contribution in [1.82, 2.24) is 14.9 Å². The third-order valence-electron chi connectivity index (χ3n) is 3.71. The second-order valence-corrected chi connectivity index (χ2v) is 5.98. The van der Waals surface area contributed by atoms with Crippen LogP contribution >= 0.6 is 11.5 Å². The summed E-state index contributed by atoms with van der Waals surface area (Å²) < 4.78 is 3.94. The number of aryl methyl sites for hydroxylation is 1. The molecule has 0 aliphatic carbocycles. The summed E-state index contributed by atoms with van der Waals surface area (Å²) in [6, 6.07) is 8.29. The van der Waals surface area contributed by atoms with Gasteiger partial charge in [-0.2, -0.15) is 0 Å². The fraction of sp³-hybridized carbons (Fsp3) is 0.400. The number of hydrogen-bond acceptors (Lipinski definition) is 5. The fourth-order valence-electron chi connectivity index (χ4n) is 2.56. The smallest absolute Gasteiger partial charge is 0.271 e. The van der Waals surface area contributed by atoms with Crippen molar-refractivity contribution in [2.24, 2.45) is 0 Å². The Bertz CT molecular complexity index is 655. The molecule has 5 nitrogen and oxygen atoms in total. The predicted molar refractivity (Wildman–Crippen MR) is 83.7 cm³/mol. The maximum atomic E-state index is 12.9. The summed E-state index contributed by atoms with van der Waals surface area (Å²) >= 11 is 1.19. The van der Waals surface area contributed by atoms with Crippen LogP contribution in [0.1, 0.15) is 34.8 Å². The van der Waals surface area contributed by atoms with E-state index >= 15 is 0 Å². The topological polar surface area (TPSA) is 58.1 Å². The summed E-state index contributed by atoms with van der Waals surface area (Å²) in [6.07, 6.45) is 0.723. The maximum absolute atomic E-state index is 12.9. The van der Waals surface area contributed by atoms with Gasteiger partial charge in [0.05, 0.1) is 5.69 Å². The molecule has 0 fully saturated rings. The van der Waals surface area contributed by atoms with Gasteiger partial charge in [0.2, 0.25) is 0 Å². The quantitative estimate of drug-likeness (QED) is 0.924. The van der Waals surface area contributed by atoms with E-state index in [0.717, 1.165) is 29.9 Å². The van der Waals surface area contributed by atoms with E-state index < -0.39 is 0 Å². The molecule has 2 heterocycles. The van der Waals surface area contributed by atoms with Crippen LogP contribution in [0.15, 0.2) is 24.3 Å². The molecular weight excluding hydrogens is 284 g/mol. The molecular formula is C15H18N4OS. The molecule has 6 heteroatoms. The zero-order valence-electron chi connectivity index (χ0n) is 12.2. The van der Waals surface area contributed by atoms with E-state index in [0.29, 0.717) is 11.4 Å². The van der Waals surface area contributed by atoms with Crippen molar-refractivity contribution in [3.8, 4) is 0 Å². The van der Waals surface area contributed by atoms with Crippen LogP contribution in [0.3, 0.4) is 0 Å². The number of carbonyl (C=O) groups excluding carboxylic acids is 1. The zero-order chi connectivity index (χ0) is 14.8. The summed E-state index contributed by atoms with van der Waals surface area (Å²) in [5.74, 6) is 0.00449. The van der Waals surface area contributed by atoms with Gasteiger partial charge in [-0.1, -0.05) is 29.6 Å². The summed E-state index contributed by atoms with van der Waals surface area (Å²) in [5, 5.41) is 7.49. The third-order valence-corrected chi connectivity index (χ3v) is 4.47. The van der Waals surface area contributed by atoms with Gasteiger partial charge in [-0.15, -0.1) is 5.10 Å². The first-order valence-corrected chi connectivity index (χ1v) is 7.92. The number of rotatable bonds is 2. The van der Waals surface area contributed by atoms with Crippen molar-refractivity contribution in [3.63, 3.8) is 0 Å². The normalized spacial score (nSPS) is 18.2. The van der Waals surface area contributed by atoms with Gasteiger partial charge in [0.15, 0.2) is 0 Å². The number of nitrogens with zero attached hydrogens (tertiary/aromatic N) is 3. The van der Waals surface area contributed by atoms with Gasteiger partial charge in [0, 0.05) is 24.8 Å². The largest absolute Gasteiger partial charge is 0.308 e. The molecule has 1 aliphatic rings. The van der Waals surface area contributed by atoms with E-state index in [4.69, 9.17) is 0 Å². The van der Waals surface area contributed by atoms with Gasteiger partial charge in [0.25, 0.3) is 5.91 Å². The minimum Gasteiger partial charge on any atom is -0.308 e. The van der Waals surface area contributed by atoms with Crippen molar-refractivity contribution >= 4 is 23.1 Å². The monoisotopic (exact) mass is 302 g/mol. The highest BCUT2D eigenvalue weighted by atomic mass is 32.1. The van der Waals surface area contributed by atoms with E-state index in [1.165, 1.54) is 11.5 Å². The maximum Gasteiger partial charge on any atom is 0.271 e. The van der Waals surface area contributed by atoms with E-state index in [-0.39, 0.29) is 11.9 Å². The third kappa shape index (κ3) is 2.69. The van der Waals surface area contributed by atoms with Crippen LogP contribution in [0.5, 0.6) is 0 Å². The highest BCUT2D eigenvalue weighted by Crippen LogP contribution is 2.26. The lowest BCUT2D eigenvalue weighted by atomic mass is 10.1. The van der Waals surface area contributed by atoms with Crippen LogP contribution in [-0.2, 0) is 13.0 Å². The lowest BCUT2D eigenvalue weighted by molar-refractivity contribution is 0.0988. The van der Waals surface area contributed by atoms with Gasteiger partial charge in [0.1, 0.15) is 4.88 Å². The van der Waals surface area contributed by atoms with Gasteiger partial charge in [-0.25, -0.2) is 0 Å². The molecule has 0 spiro atoms. The van der Waals surface area contributed by atoms with Crippen LogP contribution in [-0.4, -0.2) is 28.1 Å². The molecule has 1 aliphatic heterocycles. The Balaban J connectivity index is 2.01. The Morgan fingerprint density at radius 3 is 3.10 bits per heavy atom. The predicted octanol–water partition coefficient (Wildman–Crippen LogP) is 2.24. The summed E-state index contributed by atoms with van der Waals surface area (Å²) in [5.41, 5.74) is 2.91. The number of nitrogens with one attached hydrogen (secondary N) is 1. The van der Waals surface area contributed by atoms with Crippen LogP contribution in [0.2, 0.25) is 0 Å². The van der Waals surface area contributed by atoms with Crippen molar-refractivity contribution in [3.05, 3.63) is 40.4 Å². The number of amides is 1. The zero-order valence-corrected chi connectivity index (χ0v) is 13.0. The highest BCUT2D eigenvalue weighted by molar-refractivity contribution is 7.08. The van der Waals surface area contributed by atoms with Gasteiger partial charge in [-0.3, -0.25) is 4.79 Å². The molecule has 2 aromatic rings. The summed E-state index contributed by atoms with van der Waals surface area (Å²) in [7, 11) is 0. The minimum atomic E-state index is 0.00449. The first-order chi connectivity index (χ1) is 10.2. The van der Waals surface area contributed by atoms with Crippen LogP contribution < -0.4 is 10.2 Å². The molecule has 1 atom stereocenters. The van der Waals surface area contributed by atoms with Crippen molar-refractivity contribution < 1.29 is 4.79 Å². The first-order valence-electron chi connectivity index (χ1n) is 7.15. The number of carbonyl (C=O) groups is 1. The molecule has 110 valence electrons. The molecule has 1 aromatic heterocycles. The highest BCUT2D eigenvalue weighted by Gasteiger charge is 2.27. The SMILES string of the molecule is CCc1nnsc1C(=O)N1CC(C)NCc2ccccc21.